The van der Waals surface area contributed by atoms with Gasteiger partial charge in [-0.1, -0.05) is 11.2 Å². The highest BCUT2D eigenvalue weighted by atomic mass is 16.5. The van der Waals surface area contributed by atoms with Gasteiger partial charge in [-0.25, -0.2) is 0 Å². The van der Waals surface area contributed by atoms with Crippen molar-refractivity contribution in [1.29, 1.82) is 0 Å². The number of rotatable bonds is 2. The summed E-state index contributed by atoms with van der Waals surface area (Å²) < 4.78 is 4.61. The van der Waals surface area contributed by atoms with Crippen molar-refractivity contribution >= 4 is 11.6 Å². The summed E-state index contributed by atoms with van der Waals surface area (Å²) in [6, 6.07) is 0. The third kappa shape index (κ3) is 2.00. The second kappa shape index (κ2) is 4.06. The quantitative estimate of drug-likeness (QED) is 0.719. The van der Waals surface area contributed by atoms with E-state index in [1.165, 1.54) is 12.5 Å². The first-order valence-electron chi connectivity index (χ1n) is 4.47. The van der Waals surface area contributed by atoms with Crippen molar-refractivity contribution in [3.8, 4) is 0 Å². The predicted octanol–water partition coefficient (Wildman–Crippen LogP) is 0.533. The molecule has 1 aliphatic rings. The molecule has 14 heavy (non-hydrogen) atoms. The Morgan fingerprint density at radius 3 is 3.21 bits per heavy atom. The van der Waals surface area contributed by atoms with Crippen molar-refractivity contribution in [2.24, 2.45) is 0 Å². The molecule has 1 aliphatic heterocycles. The normalized spacial score (nSPS) is 16.1. The molecule has 2 rings (SSSR count). The van der Waals surface area contributed by atoms with Gasteiger partial charge < -0.3 is 15.2 Å². The van der Waals surface area contributed by atoms with E-state index in [9.17, 15) is 4.79 Å². The fourth-order valence-electron chi connectivity index (χ4n) is 1.31. The van der Waals surface area contributed by atoms with Crippen LogP contribution in [0.2, 0.25) is 0 Å². The zero-order valence-corrected chi connectivity index (χ0v) is 7.62. The lowest BCUT2D eigenvalue weighted by Gasteiger charge is -2.12. The molecular weight excluding hydrogens is 182 g/mol. The Morgan fingerprint density at radius 2 is 2.57 bits per heavy atom. The smallest absolute Gasteiger partial charge is 0.251 e. The van der Waals surface area contributed by atoms with Crippen molar-refractivity contribution in [1.82, 2.24) is 10.5 Å². The van der Waals surface area contributed by atoms with Gasteiger partial charge in [-0.3, -0.25) is 4.79 Å². The number of carbonyl (C=O) groups is 1. The highest BCUT2D eigenvalue weighted by Crippen LogP contribution is 2.09. The minimum Gasteiger partial charge on any atom is -0.363 e. The van der Waals surface area contributed by atoms with E-state index in [0.717, 1.165) is 25.1 Å². The average Bonchev–Trinajstić information content (AvgIpc) is 2.72. The molecule has 0 spiro atoms. The summed E-state index contributed by atoms with van der Waals surface area (Å²) in [6.45, 7) is 1.61. The number of amides is 1. The van der Waals surface area contributed by atoms with Crippen LogP contribution in [0.4, 0.5) is 5.69 Å². The summed E-state index contributed by atoms with van der Waals surface area (Å²) in [7, 11) is 0. The van der Waals surface area contributed by atoms with Crippen LogP contribution in [0, 0.1) is 0 Å². The van der Waals surface area contributed by atoms with Crippen molar-refractivity contribution in [2.45, 2.75) is 6.42 Å². The molecule has 5 nitrogen and oxygen atoms in total. The van der Waals surface area contributed by atoms with E-state index in [4.69, 9.17) is 0 Å². The molecule has 5 heteroatoms. The van der Waals surface area contributed by atoms with E-state index in [1.807, 2.05) is 6.08 Å². The maximum Gasteiger partial charge on any atom is 0.251 e. The summed E-state index contributed by atoms with van der Waals surface area (Å²) >= 11 is 0. The summed E-state index contributed by atoms with van der Waals surface area (Å²) in [5, 5.41) is 9.34. The van der Waals surface area contributed by atoms with Crippen molar-refractivity contribution in [3.63, 3.8) is 0 Å². The maximum atomic E-state index is 11.6. The zero-order chi connectivity index (χ0) is 9.80. The van der Waals surface area contributed by atoms with Crippen molar-refractivity contribution in [3.05, 3.63) is 24.1 Å². The third-order valence-corrected chi connectivity index (χ3v) is 2.05. The number of aromatic nitrogens is 1. The molecule has 74 valence electrons. The van der Waals surface area contributed by atoms with E-state index in [-0.39, 0.29) is 5.91 Å². The molecule has 0 saturated heterocycles. The molecule has 0 bridgehead atoms. The van der Waals surface area contributed by atoms with Crippen LogP contribution in [0.3, 0.4) is 0 Å². The second-order valence-electron chi connectivity index (χ2n) is 3.05. The minimum atomic E-state index is -0.0744. The zero-order valence-electron chi connectivity index (χ0n) is 7.62. The van der Waals surface area contributed by atoms with Gasteiger partial charge in [0.25, 0.3) is 5.91 Å². The van der Waals surface area contributed by atoms with Crippen LogP contribution in [0.25, 0.3) is 0 Å². The number of nitrogens with zero attached hydrogens (tertiary/aromatic N) is 1. The predicted molar refractivity (Wildman–Crippen MR) is 50.7 cm³/mol. The van der Waals surface area contributed by atoms with Crippen molar-refractivity contribution < 1.29 is 9.32 Å². The van der Waals surface area contributed by atoms with Gasteiger partial charge in [0.2, 0.25) is 0 Å². The summed E-state index contributed by atoms with van der Waals surface area (Å²) in [5.41, 5.74) is 1.40. The summed E-state index contributed by atoms with van der Waals surface area (Å²) in [5.74, 6) is -0.0744. The Morgan fingerprint density at radius 1 is 1.64 bits per heavy atom. The van der Waals surface area contributed by atoms with E-state index in [2.05, 4.69) is 20.3 Å². The summed E-state index contributed by atoms with van der Waals surface area (Å²) in [4.78, 5) is 11.6. The van der Waals surface area contributed by atoms with E-state index in [0.29, 0.717) is 5.69 Å². The first-order valence-corrected chi connectivity index (χ1v) is 4.47. The lowest BCUT2D eigenvalue weighted by molar-refractivity contribution is -0.113. The topological polar surface area (TPSA) is 67.2 Å². The number of anilines is 1. The number of carbonyl (C=O) groups excluding carboxylic acids is 1. The van der Waals surface area contributed by atoms with Gasteiger partial charge in [-0.05, 0) is 13.0 Å². The standard InChI is InChI=1S/C9H11N3O2/c13-9(7-1-3-10-4-2-7)12-8-5-11-14-6-8/h1,5-6,10H,2-4H2,(H,12,13). The summed E-state index contributed by atoms with van der Waals surface area (Å²) in [6.07, 6.45) is 5.53. The van der Waals surface area contributed by atoms with Crippen LogP contribution in [0.1, 0.15) is 6.42 Å². The van der Waals surface area contributed by atoms with Gasteiger partial charge in [0.15, 0.2) is 0 Å². The largest absolute Gasteiger partial charge is 0.363 e. The molecule has 2 N–H and O–H groups in total. The Balaban J connectivity index is 1.98. The van der Waals surface area contributed by atoms with Crippen LogP contribution in [0.15, 0.2) is 28.6 Å². The fourth-order valence-corrected chi connectivity index (χ4v) is 1.31. The highest BCUT2D eigenvalue weighted by molar-refractivity contribution is 6.03. The van der Waals surface area contributed by atoms with E-state index >= 15 is 0 Å². The molecule has 0 fully saturated rings. The van der Waals surface area contributed by atoms with Gasteiger partial charge in [0.1, 0.15) is 12.0 Å². The second-order valence-corrected chi connectivity index (χ2v) is 3.05. The molecule has 0 aliphatic carbocycles. The average molecular weight is 193 g/mol. The molecule has 2 heterocycles. The van der Waals surface area contributed by atoms with Crippen LogP contribution >= 0.6 is 0 Å². The van der Waals surface area contributed by atoms with Gasteiger partial charge in [-0.15, -0.1) is 0 Å². The van der Waals surface area contributed by atoms with Crippen LogP contribution in [-0.4, -0.2) is 24.2 Å². The monoisotopic (exact) mass is 193 g/mol. The van der Waals surface area contributed by atoms with Gasteiger partial charge in [0.05, 0.1) is 6.20 Å². The molecular formula is C9H11N3O2. The van der Waals surface area contributed by atoms with Crippen molar-refractivity contribution in [2.75, 3.05) is 18.4 Å². The number of hydrogen-bond donors (Lipinski definition) is 2. The Hall–Kier alpha value is -1.62. The third-order valence-electron chi connectivity index (χ3n) is 2.05. The number of hydrogen-bond acceptors (Lipinski definition) is 4. The molecule has 0 radical (unpaired) electrons. The molecule has 1 amide bonds. The molecule has 0 saturated carbocycles. The molecule has 0 atom stereocenters. The van der Waals surface area contributed by atoms with E-state index < -0.39 is 0 Å². The molecule has 1 aromatic rings. The van der Waals surface area contributed by atoms with Gasteiger partial charge in [-0.2, -0.15) is 0 Å². The van der Waals surface area contributed by atoms with Gasteiger partial charge in [0, 0.05) is 12.1 Å². The first-order chi connectivity index (χ1) is 6.86. The van der Waals surface area contributed by atoms with Crippen LogP contribution < -0.4 is 10.6 Å². The van der Waals surface area contributed by atoms with E-state index in [1.54, 1.807) is 0 Å². The SMILES string of the molecule is O=C(Nc1cnoc1)C1=CCNCC1. The Labute approximate surface area is 81.2 Å². The molecule has 0 aromatic carbocycles. The maximum absolute atomic E-state index is 11.6. The minimum absolute atomic E-state index is 0.0744. The van der Waals surface area contributed by atoms with Crippen LogP contribution in [0.5, 0.6) is 0 Å². The Kier molecular flexibility index (Phi) is 2.60. The fraction of sp³-hybridized carbons (Fsp3) is 0.333. The number of nitrogens with one attached hydrogen (secondary N) is 2. The van der Waals surface area contributed by atoms with Gasteiger partial charge >= 0.3 is 0 Å². The molecule has 1 aromatic heterocycles. The highest BCUT2D eigenvalue weighted by Gasteiger charge is 2.12. The molecule has 0 unspecified atom stereocenters. The lowest BCUT2D eigenvalue weighted by Crippen LogP contribution is -2.26. The first kappa shape index (κ1) is 8.96. The Bertz CT molecular complexity index is 343. The van der Waals surface area contributed by atoms with Crippen LogP contribution in [-0.2, 0) is 4.79 Å². The lowest BCUT2D eigenvalue weighted by atomic mass is 10.1.